The van der Waals surface area contributed by atoms with Crippen LogP contribution in [0.3, 0.4) is 0 Å². The third-order valence-corrected chi connectivity index (χ3v) is 3.01. The highest BCUT2D eigenvalue weighted by molar-refractivity contribution is 9.10. The van der Waals surface area contributed by atoms with Crippen LogP contribution in [0.2, 0.25) is 0 Å². The van der Waals surface area contributed by atoms with Crippen molar-refractivity contribution in [1.82, 2.24) is 9.55 Å². The highest BCUT2D eigenvalue weighted by atomic mass is 79.9. The van der Waals surface area contributed by atoms with E-state index in [0.29, 0.717) is 12.2 Å². The molecule has 0 aliphatic rings. The first-order valence-electron chi connectivity index (χ1n) is 5.82. The zero-order valence-electron chi connectivity index (χ0n) is 10.9. The zero-order chi connectivity index (χ0) is 15.7. The fourth-order valence-electron chi connectivity index (χ4n) is 1.35. The molecule has 0 radical (unpaired) electrons. The largest absolute Gasteiger partial charge is 0.478 e. The van der Waals surface area contributed by atoms with Crippen LogP contribution in [0.4, 0.5) is 0 Å². The van der Waals surface area contributed by atoms with E-state index in [2.05, 4.69) is 27.0 Å². The Morgan fingerprint density at radius 3 is 2.29 bits per heavy atom. The summed E-state index contributed by atoms with van der Waals surface area (Å²) in [5.41, 5.74) is 1.26. The topological polar surface area (TPSA) is 92.4 Å². The highest BCUT2D eigenvalue weighted by Gasteiger charge is 1.98. The lowest BCUT2D eigenvalue weighted by Gasteiger charge is -2.04. The van der Waals surface area contributed by atoms with Crippen LogP contribution in [0.25, 0.3) is 0 Å². The van der Waals surface area contributed by atoms with E-state index < -0.39 is 11.9 Å². The number of aromatic nitrogens is 2. The van der Waals surface area contributed by atoms with Crippen LogP contribution in [-0.4, -0.2) is 31.7 Å². The first-order chi connectivity index (χ1) is 9.99. The second-order valence-corrected chi connectivity index (χ2v) is 4.69. The van der Waals surface area contributed by atoms with E-state index in [4.69, 9.17) is 10.2 Å². The molecule has 0 atom stereocenters. The number of nitrogens with zero attached hydrogens (tertiary/aromatic N) is 2. The molecule has 0 aliphatic carbocycles. The van der Waals surface area contributed by atoms with Gasteiger partial charge in [-0.15, -0.1) is 0 Å². The van der Waals surface area contributed by atoms with Crippen LogP contribution >= 0.6 is 15.9 Å². The van der Waals surface area contributed by atoms with Crippen LogP contribution < -0.4 is 0 Å². The molecule has 2 aromatic rings. The number of hydrogen-bond donors (Lipinski definition) is 2. The first kappa shape index (κ1) is 16.6. The van der Waals surface area contributed by atoms with Gasteiger partial charge in [-0.2, -0.15) is 0 Å². The molecule has 0 aliphatic heterocycles. The van der Waals surface area contributed by atoms with E-state index >= 15 is 0 Å². The predicted molar refractivity (Wildman–Crippen MR) is 79.9 cm³/mol. The van der Waals surface area contributed by atoms with Gasteiger partial charge >= 0.3 is 11.9 Å². The number of imidazole rings is 1. The maximum atomic E-state index is 9.55. The lowest BCUT2D eigenvalue weighted by Crippen LogP contribution is -1.96. The van der Waals surface area contributed by atoms with Crippen LogP contribution in [0, 0.1) is 0 Å². The molecule has 0 unspecified atom stereocenters. The SMILES string of the molecule is Brc1ccccc1Cn1ccnc1.O=C(O)C=CC(=O)O. The molecular formula is C14H13BrN2O4. The van der Waals surface area contributed by atoms with Gasteiger partial charge in [-0.3, -0.25) is 0 Å². The fraction of sp³-hybridized carbons (Fsp3) is 0.0714. The average molecular weight is 353 g/mol. The molecule has 2 rings (SSSR count). The molecule has 1 heterocycles. The second-order valence-electron chi connectivity index (χ2n) is 3.84. The summed E-state index contributed by atoms with van der Waals surface area (Å²) >= 11 is 3.51. The average Bonchev–Trinajstić information content (AvgIpc) is 2.93. The third-order valence-electron chi connectivity index (χ3n) is 2.24. The number of hydrogen-bond acceptors (Lipinski definition) is 3. The summed E-state index contributed by atoms with van der Waals surface area (Å²) in [5, 5.41) is 15.6. The molecule has 0 spiro atoms. The summed E-state index contributed by atoms with van der Waals surface area (Å²) in [4.78, 5) is 23.1. The van der Waals surface area contributed by atoms with E-state index in [-0.39, 0.29) is 0 Å². The fourth-order valence-corrected chi connectivity index (χ4v) is 1.76. The molecule has 0 fully saturated rings. The van der Waals surface area contributed by atoms with Crippen molar-refractivity contribution in [3.63, 3.8) is 0 Å². The van der Waals surface area contributed by atoms with Crippen molar-refractivity contribution in [2.24, 2.45) is 0 Å². The molecule has 0 saturated heterocycles. The number of rotatable bonds is 4. The van der Waals surface area contributed by atoms with Crippen LogP contribution in [0.5, 0.6) is 0 Å². The summed E-state index contributed by atoms with van der Waals surface area (Å²) in [6.45, 7) is 0.863. The van der Waals surface area contributed by atoms with Gasteiger partial charge in [0.2, 0.25) is 0 Å². The van der Waals surface area contributed by atoms with Crippen LogP contribution in [0.1, 0.15) is 5.56 Å². The van der Waals surface area contributed by atoms with E-state index in [1.807, 2.05) is 35.3 Å². The van der Waals surface area contributed by atoms with Crippen molar-refractivity contribution in [1.29, 1.82) is 0 Å². The van der Waals surface area contributed by atoms with E-state index in [1.54, 1.807) is 6.20 Å². The number of carboxylic acids is 2. The molecule has 7 heteroatoms. The molecule has 6 nitrogen and oxygen atoms in total. The third kappa shape index (κ3) is 7.07. The summed E-state index contributed by atoms with van der Waals surface area (Å²) in [5.74, 6) is -2.51. The summed E-state index contributed by atoms with van der Waals surface area (Å²) in [6, 6.07) is 8.20. The van der Waals surface area contributed by atoms with Crippen molar-refractivity contribution in [2.75, 3.05) is 0 Å². The number of halogens is 1. The quantitative estimate of drug-likeness (QED) is 0.824. The Balaban J connectivity index is 0.000000240. The molecule has 1 aromatic carbocycles. The number of benzene rings is 1. The standard InChI is InChI=1S/C10H9BrN2.C4H4O4/c11-10-4-2-1-3-9(10)7-13-6-5-12-8-13;5-3(6)1-2-4(7)8/h1-6,8H,7H2;1-2H,(H,5,6)(H,7,8). The Bertz CT molecular complexity index is 608. The van der Waals surface area contributed by atoms with Gasteiger partial charge in [-0.1, -0.05) is 34.1 Å². The molecule has 0 saturated carbocycles. The van der Waals surface area contributed by atoms with Gasteiger partial charge in [0, 0.05) is 35.6 Å². The Kier molecular flexibility index (Phi) is 6.90. The van der Waals surface area contributed by atoms with Gasteiger partial charge in [0.25, 0.3) is 0 Å². The summed E-state index contributed by atoms with van der Waals surface area (Å²) < 4.78 is 3.18. The van der Waals surface area contributed by atoms with Gasteiger partial charge in [0.15, 0.2) is 0 Å². The van der Waals surface area contributed by atoms with Crippen molar-refractivity contribution in [2.45, 2.75) is 6.54 Å². The molecule has 0 bridgehead atoms. The lowest BCUT2D eigenvalue weighted by molar-refractivity contribution is -0.134. The Labute approximate surface area is 129 Å². The van der Waals surface area contributed by atoms with Gasteiger partial charge in [-0.25, -0.2) is 14.6 Å². The molecule has 21 heavy (non-hydrogen) atoms. The molecule has 2 N–H and O–H groups in total. The highest BCUT2D eigenvalue weighted by Crippen LogP contribution is 2.16. The first-order valence-corrected chi connectivity index (χ1v) is 6.61. The molecule has 1 aromatic heterocycles. The summed E-state index contributed by atoms with van der Waals surface area (Å²) in [7, 11) is 0. The minimum absolute atomic E-state index is 0.558. The normalized spacial score (nSPS) is 9.95. The second kappa shape index (κ2) is 8.70. The number of carboxylic acid groups (broad SMARTS) is 2. The Hall–Kier alpha value is -2.41. The minimum Gasteiger partial charge on any atom is -0.478 e. The van der Waals surface area contributed by atoms with Crippen molar-refractivity contribution in [3.8, 4) is 0 Å². The smallest absolute Gasteiger partial charge is 0.328 e. The zero-order valence-corrected chi connectivity index (χ0v) is 12.5. The van der Waals surface area contributed by atoms with Crippen molar-refractivity contribution >= 4 is 27.9 Å². The maximum absolute atomic E-state index is 9.55. The van der Waals surface area contributed by atoms with Gasteiger partial charge in [0.1, 0.15) is 0 Å². The minimum atomic E-state index is -1.26. The van der Waals surface area contributed by atoms with Gasteiger partial charge in [-0.05, 0) is 11.6 Å². The monoisotopic (exact) mass is 352 g/mol. The van der Waals surface area contributed by atoms with Crippen molar-refractivity contribution < 1.29 is 19.8 Å². The van der Waals surface area contributed by atoms with Gasteiger partial charge in [0.05, 0.1) is 6.33 Å². The number of aliphatic carboxylic acids is 2. The van der Waals surface area contributed by atoms with Gasteiger partial charge < -0.3 is 14.8 Å². The molecule has 110 valence electrons. The molecule has 0 amide bonds. The number of carbonyl (C=O) groups is 2. The van der Waals surface area contributed by atoms with E-state index in [9.17, 15) is 9.59 Å². The van der Waals surface area contributed by atoms with E-state index in [1.165, 1.54) is 5.56 Å². The Morgan fingerprint density at radius 1 is 1.19 bits per heavy atom. The Morgan fingerprint density at radius 2 is 1.81 bits per heavy atom. The predicted octanol–water partition coefficient (Wildman–Crippen LogP) is 2.41. The molecular weight excluding hydrogens is 340 g/mol. The van der Waals surface area contributed by atoms with Crippen LogP contribution in [-0.2, 0) is 16.1 Å². The van der Waals surface area contributed by atoms with Crippen molar-refractivity contribution in [3.05, 3.63) is 65.2 Å². The summed E-state index contributed by atoms with van der Waals surface area (Å²) in [6.07, 6.45) is 6.68. The lowest BCUT2D eigenvalue weighted by atomic mass is 10.2. The maximum Gasteiger partial charge on any atom is 0.328 e. The van der Waals surface area contributed by atoms with Crippen LogP contribution in [0.15, 0.2) is 59.6 Å². The van der Waals surface area contributed by atoms with E-state index in [0.717, 1.165) is 11.0 Å².